The van der Waals surface area contributed by atoms with Crippen molar-refractivity contribution in [1.82, 2.24) is 0 Å². The zero-order valence-electron chi connectivity index (χ0n) is 9.83. The van der Waals surface area contributed by atoms with E-state index in [-0.39, 0.29) is 17.3 Å². The first-order chi connectivity index (χ1) is 8.01. The maximum absolute atomic E-state index is 11.6. The molecule has 0 aromatic heterocycles. The quantitative estimate of drug-likeness (QED) is 0.806. The molecule has 0 saturated carbocycles. The van der Waals surface area contributed by atoms with E-state index in [1.54, 1.807) is 19.1 Å². The maximum Gasteiger partial charge on any atom is 0.178 e. The SMILES string of the molecule is CCS(=O)(=O)c1ccc(C(O)CCCO)cc1. The average Bonchev–Trinajstić information content (AvgIpc) is 2.36. The molecule has 0 saturated heterocycles. The highest BCUT2D eigenvalue weighted by molar-refractivity contribution is 7.91. The third-order valence-corrected chi connectivity index (χ3v) is 4.39. The number of hydrogen-bond acceptors (Lipinski definition) is 4. The van der Waals surface area contributed by atoms with Crippen LogP contribution in [0, 0.1) is 0 Å². The Morgan fingerprint density at radius 1 is 1.24 bits per heavy atom. The van der Waals surface area contributed by atoms with Gasteiger partial charge in [-0.3, -0.25) is 0 Å². The van der Waals surface area contributed by atoms with E-state index in [1.165, 1.54) is 12.1 Å². The molecule has 96 valence electrons. The van der Waals surface area contributed by atoms with E-state index in [0.717, 1.165) is 0 Å². The van der Waals surface area contributed by atoms with Crippen molar-refractivity contribution in [3.05, 3.63) is 29.8 Å². The van der Waals surface area contributed by atoms with Crippen LogP contribution in [0.1, 0.15) is 31.4 Å². The molecule has 0 radical (unpaired) electrons. The van der Waals surface area contributed by atoms with E-state index >= 15 is 0 Å². The topological polar surface area (TPSA) is 74.6 Å². The lowest BCUT2D eigenvalue weighted by Crippen LogP contribution is -2.04. The van der Waals surface area contributed by atoms with Crippen LogP contribution in [-0.4, -0.2) is 31.0 Å². The van der Waals surface area contributed by atoms with Gasteiger partial charge in [-0.1, -0.05) is 19.1 Å². The molecule has 0 spiro atoms. The highest BCUT2D eigenvalue weighted by Gasteiger charge is 2.12. The van der Waals surface area contributed by atoms with Crippen LogP contribution >= 0.6 is 0 Å². The van der Waals surface area contributed by atoms with Crippen molar-refractivity contribution >= 4 is 9.84 Å². The summed E-state index contributed by atoms with van der Waals surface area (Å²) in [5.74, 6) is 0.0689. The molecule has 0 fully saturated rings. The van der Waals surface area contributed by atoms with Crippen molar-refractivity contribution in [1.29, 1.82) is 0 Å². The van der Waals surface area contributed by atoms with E-state index < -0.39 is 15.9 Å². The van der Waals surface area contributed by atoms with E-state index in [0.29, 0.717) is 18.4 Å². The highest BCUT2D eigenvalue weighted by atomic mass is 32.2. The number of hydrogen-bond donors (Lipinski definition) is 2. The zero-order valence-corrected chi connectivity index (χ0v) is 10.7. The average molecular weight is 258 g/mol. The van der Waals surface area contributed by atoms with E-state index in [1.807, 2.05) is 0 Å². The summed E-state index contributed by atoms with van der Waals surface area (Å²) in [6.07, 6.45) is 0.340. The second-order valence-electron chi connectivity index (χ2n) is 3.85. The molecule has 17 heavy (non-hydrogen) atoms. The lowest BCUT2D eigenvalue weighted by Gasteiger charge is -2.10. The lowest BCUT2D eigenvalue weighted by atomic mass is 10.1. The van der Waals surface area contributed by atoms with Gasteiger partial charge in [-0.15, -0.1) is 0 Å². The Morgan fingerprint density at radius 3 is 2.29 bits per heavy atom. The Balaban J connectivity index is 2.81. The van der Waals surface area contributed by atoms with Gasteiger partial charge in [0.15, 0.2) is 9.84 Å². The summed E-state index contributed by atoms with van der Waals surface area (Å²) in [6, 6.07) is 6.25. The highest BCUT2D eigenvalue weighted by Crippen LogP contribution is 2.20. The van der Waals surface area contributed by atoms with Crippen molar-refractivity contribution in [3.63, 3.8) is 0 Å². The fraction of sp³-hybridized carbons (Fsp3) is 0.500. The van der Waals surface area contributed by atoms with Crippen LogP contribution in [0.3, 0.4) is 0 Å². The summed E-state index contributed by atoms with van der Waals surface area (Å²) >= 11 is 0. The molecule has 4 nitrogen and oxygen atoms in total. The van der Waals surface area contributed by atoms with Crippen molar-refractivity contribution in [3.8, 4) is 0 Å². The third-order valence-electron chi connectivity index (χ3n) is 2.64. The van der Waals surface area contributed by atoms with Crippen LogP contribution in [0.5, 0.6) is 0 Å². The molecule has 0 amide bonds. The lowest BCUT2D eigenvalue weighted by molar-refractivity contribution is 0.152. The van der Waals surface area contributed by atoms with Crippen LogP contribution in [-0.2, 0) is 9.84 Å². The second kappa shape index (κ2) is 6.14. The predicted molar refractivity (Wildman–Crippen MR) is 65.4 cm³/mol. The van der Waals surface area contributed by atoms with Gasteiger partial charge in [-0.05, 0) is 30.5 Å². The molecule has 0 heterocycles. The fourth-order valence-electron chi connectivity index (χ4n) is 1.52. The first-order valence-electron chi connectivity index (χ1n) is 5.63. The molecule has 0 aliphatic heterocycles. The summed E-state index contributed by atoms with van der Waals surface area (Å²) in [7, 11) is -3.18. The Hall–Kier alpha value is -0.910. The third kappa shape index (κ3) is 3.80. The maximum atomic E-state index is 11.6. The van der Waals surface area contributed by atoms with Crippen molar-refractivity contribution in [2.75, 3.05) is 12.4 Å². The van der Waals surface area contributed by atoms with Crippen molar-refractivity contribution in [2.45, 2.75) is 30.8 Å². The van der Waals surface area contributed by atoms with Gasteiger partial charge in [0.25, 0.3) is 0 Å². The monoisotopic (exact) mass is 258 g/mol. The van der Waals surface area contributed by atoms with Crippen LogP contribution in [0.25, 0.3) is 0 Å². The Labute approximate surface area is 102 Å². The van der Waals surface area contributed by atoms with Crippen molar-refractivity contribution in [2.24, 2.45) is 0 Å². The first kappa shape index (κ1) is 14.2. The molecule has 5 heteroatoms. The summed E-state index contributed by atoms with van der Waals surface area (Å²) in [5, 5.41) is 18.4. The van der Waals surface area contributed by atoms with Gasteiger partial charge < -0.3 is 10.2 Å². The Kier molecular flexibility index (Phi) is 5.11. The van der Waals surface area contributed by atoms with Crippen molar-refractivity contribution < 1.29 is 18.6 Å². The number of benzene rings is 1. The van der Waals surface area contributed by atoms with E-state index in [2.05, 4.69) is 0 Å². The molecular weight excluding hydrogens is 240 g/mol. The van der Waals surface area contributed by atoms with Gasteiger partial charge >= 0.3 is 0 Å². The Morgan fingerprint density at radius 2 is 1.82 bits per heavy atom. The number of rotatable bonds is 6. The fourth-order valence-corrected chi connectivity index (χ4v) is 2.40. The molecule has 1 unspecified atom stereocenters. The molecule has 1 aromatic rings. The van der Waals surface area contributed by atoms with Gasteiger partial charge in [0, 0.05) is 6.61 Å². The summed E-state index contributed by atoms with van der Waals surface area (Å²) in [5.41, 5.74) is 0.675. The van der Waals surface area contributed by atoms with Crippen LogP contribution < -0.4 is 0 Å². The number of sulfone groups is 1. The van der Waals surface area contributed by atoms with Crippen LogP contribution in [0.4, 0.5) is 0 Å². The van der Waals surface area contributed by atoms with E-state index in [4.69, 9.17) is 5.11 Å². The van der Waals surface area contributed by atoms with Crippen LogP contribution in [0.15, 0.2) is 29.2 Å². The smallest absolute Gasteiger partial charge is 0.178 e. The molecule has 1 rings (SSSR count). The minimum Gasteiger partial charge on any atom is -0.396 e. The van der Waals surface area contributed by atoms with Gasteiger partial charge in [0.1, 0.15) is 0 Å². The van der Waals surface area contributed by atoms with Gasteiger partial charge in [0.2, 0.25) is 0 Å². The molecule has 2 N–H and O–H groups in total. The minimum absolute atomic E-state index is 0.0410. The summed E-state index contributed by atoms with van der Waals surface area (Å²) in [4.78, 5) is 0.276. The minimum atomic E-state index is -3.18. The molecular formula is C12H18O4S. The van der Waals surface area contributed by atoms with Gasteiger partial charge in [-0.2, -0.15) is 0 Å². The van der Waals surface area contributed by atoms with Gasteiger partial charge in [0.05, 0.1) is 16.8 Å². The van der Waals surface area contributed by atoms with E-state index in [9.17, 15) is 13.5 Å². The molecule has 1 aromatic carbocycles. The first-order valence-corrected chi connectivity index (χ1v) is 7.28. The molecule has 0 aliphatic carbocycles. The molecule has 0 bridgehead atoms. The number of aliphatic hydroxyl groups is 2. The molecule has 1 atom stereocenters. The van der Waals surface area contributed by atoms with Crippen LogP contribution in [0.2, 0.25) is 0 Å². The normalized spacial score (nSPS) is 13.6. The number of aliphatic hydroxyl groups excluding tert-OH is 2. The second-order valence-corrected chi connectivity index (χ2v) is 6.13. The summed E-state index contributed by atoms with van der Waals surface area (Å²) in [6.45, 7) is 1.64. The van der Waals surface area contributed by atoms with Gasteiger partial charge in [-0.25, -0.2) is 8.42 Å². The standard InChI is InChI=1S/C12H18O4S/c1-2-17(15,16)11-7-5-10(6-8-11)12(14)4-3-9-13/h5-8,12-14H,2-4,9H2,1H3. The summed E-state index contributed by atoms with van der Waals surface area (Å²) < 4.78 is 23.1. The molecule has 0 aliphatic rings. The predicted octanol–water partition coefficient (Wildman–Crippen LogP) is 1.29. The Bertz CT molecular complexity index is 436. The largest absolute Gasteiger partial charge is 0.396 e. The zero-order chi connectivity index (χ0) is 12.9.